The van der Waals surface area contributed by atoms with Crippen molar-refractivity contribution in [2.45, 2.75) is 77.3 Å². The molecule has 0 saturated carbocycles. The van der Waals surface area contributed by atoms with Gasteiger partial charge in [-0.3, -0.25) is 9.59 Å². The van der Waals surface area contributed by atoms with Crippen LogP contribution in [0.4, 0.5) is 5.69 Å². The first-order chi connectivity index (χ1) is 18.8. The number of rotatable bonds is 7. The van der Waals surface area contributed by atoms with E-state index in [9.17, 15) is 18.0 Å². The summed E-state index contributed by atoms with van der Waals surface area (Å²) in [4.78, 5) is 24.7. The van der Waals surface area contributed by atoms with E-state index in [2.05, 4.69) is 38.2 Å². The van der Waals surface area contributed by atoms with Crippen molar-refractivity contribution in [3.63, 3.8) is 0 Å². The molecule has 0 aromatic heterocycles. The quantitative estimate of drug-likeness (QED) is 0.358. The van der Waals surface area contributed by atoms with Crippen molar-refractivity contribution in [1.82, 2.24) is 4.31 Å². The lowest BCUT2D eigenvalue weighted by Crippen LogP contribution is -2.41. The van der Waals surface area contributed by atoms with Gasteiger partial charge in [-0.15, -0.1) is 0 Å². The number of nitrogens with zero attached hydrogens (tertiary/aromatic N) is 1. The number of fused-ring (bicyclic) bond motifs is 1. The van der Waals surface area contributed by atoms with Gasteiger partial charge >= 0.3 is 5.97 Å². The summed E-state index contributed by atoms with van der Waals surface area (Å²) in [5.41, 5.74) is 6.68. The maximum absolute atomic E-state index is 13.8. The van der Waals surface area contributed by atoms with Crippen LogP contribution in [0.25, 0.3) is 0 Å². The lowest BCUT2D eigenvalue weighted by Gasteiger charge is -2.36. The Morgan fingerprint density at radius 2 is 1.62 bits per heavy atom. The van der Waals surface area contributed by atoms with Crippen LogP contribution in [0.3, 0.4) is 0 Å². The first-order valence-electron chi connectivity index (χ1n) is 13.5. The number of aryl methyl sites for hydroxylation is 2. The van der Waals surface area contributed by atoms with Crippen LogP contribution < -0.4 is 5.32 Å². The Labute approximate surface area is 237 Å². The van der Waals surface area contributed by atoms with E-state index in [4.69, 9.17) is 4.74 Å². The Balaban J connectivity index is 1.57. The average Bonchev–Trinajstić information content (AvgIpc) is 2.87. The number of anilines is 1. The standard InChI is InChI=1S/C32H38N2O5S/c1-21-17-25(32(4,5)6)18-22(2)29(21)20-39-31(36)19-30-28-10-8-7-9-24(28)15-16-34(30)40(37,38)27-13-11-26(12-14-27)33-23(3)35/h7-14,17-18,30H,15-16,19-20H2,1-6H3,(H,33,35). The number of benzene rings is 3. The SMILES string of the molecule is CC(=O)Nc1ccc(S(=O)(=O)N2CCc3ccccc3C2CC(=O)OCc2c(C)cc(C(C)(C)C)cc2C)cc1. The van der Waals surface area contributed by atoms with E-state index in [1.807, 2.05) is 38.1 Å². The molecule has 0 aliphatic carbocycles. The third kappa shape index (κ3) is 6.45. The lowest BCUT2D eigenvalue weighted by atomic mass is 9.84. The van der Waals surface area contributed by atoms with E-state index in [0.717, 1.165) is 27.8 Å². The van der Waals surface area contributed by atoms with Gasteiger partial charge in [0, 0.05) is 19.2 Å². The number of sulfonamides is 1. The van der Waals surface area contributed by atoms with Gasteiger partial charge in [-0.25, -0.2) is 8.42 Å². The van der Waals surface area contributed by atoms with E-state index < -0.39 is 22.0 Å². The second kappa shape index (κ2) is 11.6. The van der Waals surface area contributed by atoms with Crippen LogP contribution >= 0.6 is 0 Å². The number of carbonyl (C=O) groups excluding carboxylic acids is 2. The Morgan fingerprint density at radius 3 is 2.23 bits per heavy atom. The zero-order valence-electron chi connectivity index (χ0n) is 24.1. The summed E-state index contributed by atoms with van der Waals surface area (Å²) >= 11 is 0. The summed E-state index contributed by atoms with van der Waals surface area (Å²) in [6, 6.07) is 17.3. The second-order valence-electron chi connectivity index (χ2n) is 11.5. The molecular weight excluding hydrogens is 524 g/mol. The molecule has 40 heavy (non-hydrogen) atoms. The summed E-state index contributed by atoms with van der Waals surface area (Å²) in [5.74, 6) is -0.695. The Hall–Kier alpha value is -3.49. The fourth-order valence-corrected chi connectivity index (χ4v) is 6.81. The van der Waals surface area contributed by atoms with Crippen molar-refractivity contribution in [3.05, 3.63) is 94.0 Å². The minimum Gasteiger partial charge on any atom is -0.461 e. The molecule has 3 aromatic rings. The molecule has 1 amide bonds. The molecule has 1 N–H and O–H groups in total. The Kier molecular flexibility index (Phi) is 8.52. The smallest absolute Gasteiger partial charge is 0.308 e. The van der Waals surface area contributed by atoms with Gasteiger partial charge in [0.1, 0.15) is 6.61 Å². The Morgan fingerprint density at radius 1 is 1.00 bits per heavy atom. The highest BCUT2D eigenvalue weighted by Crippen LogP contribution is 2.37. The molecule has 4 rings (SSSR count). The largest absolute Gasteiger partial charge is 0.461 e. The van der Waals surface area contributed by atoms with E-state index in [-0.39, 0.29) is 35.8 Å². The molecule has 3 aromatic carbocycles. The number of carbonyl (C=O) groups is 2. The maximum atomic E-state index is 13.8. The van der Waals surface area contributed by atoms with E-state index >= 15 is 0 Å². The van der Waals surface area contributed by atoms with Crippen LogP contribution in [0.1, 0.15) is 73.5 Å². The zero-order valence-corrected chi connectivity index (χ0v) is 24.9. The minimum absolute atomic E-state index is 0.0122. The van der Waals surface area contributed by atoms with Crippen LogP contribution in [0, 0.1) is 13.8 Å². The number of nitrogens with one attached hydrogen (secondary N) is 1. The predicted molar refractivity (Wildman–Crippen MR) is 157 cm³/mol. The van der Waals surface area contributed by atoms with E-state index in [0.29, 0.717) is 12.1 Å². The second-order valence-corrected chi connectivity index (χ2v) is 13.4. The number of amides is 1. The molecule has 1 atom stereocenters. The molecule has 0 spiro atoms. The summed E-state index contributed by atoms with van der Waals surface area (Å²) in [7, 11) is -3.93. The molecule has 1 aliphatic rings. The number of ether oxygens (including phenoxy) is 1. The fraction of sp³-hybridized carbons (Fsp3) is 0.375. The van der Waals surface area contributed by atoms with Crippen LogP contribution in [-0.2, 0) is 42.8 Å². The van der Waals surface area contributed by atoms with Crippen molar-refractivity contribution in [3.8, 4) is 0 Å². The topological polar surface area (TPSA) is 92.8 Å². The lowest BCUT2D eigenvalue weighted by molar-refractivity contribution is -0.146. The zero-order chi connectivity index (χ0) is 29.2. The van der Waals surface area contributed by atoms with Gasteiger partial charge in [0.05, 0.1) is 17.4 Å². The predicted octanol–water partition coefficient (Wildman–Crippen LogP) is 5.98. The van der Waals surface area contributed by atoms with Gasteiger partial charge in [0.25, 0.3) is 0 Å². The molecule has 0 fully saturated rings. The highest BCUT2D eigenvalue weighted by atomic mass is 32.2. The molecule has 0 bridgehead atoms. The van der Waals surface area contributed by atoms with Crippen LogP contribution in [0.5, 0.6) is 0 Å². The van der Waals surface area contributed by atoms with E-state index in [1.54, 1.807) is 12.1 Å². The maximum Gasteiger partial charge on any atom is 0.308 e. The van der Waals surface area contributed by atoms with Crippen LogP contribution in [-0.4, -0.2) is 31.1 Å². The highest BCUT2D eigenvalue weighted by molar-refractivity contribution is 7.89. The molecular formula is C32H38N2O5S. The molecule has 0 saturated heterocycles. The van der Waals surface area contributed by atoms with Crippen molar-refractivity contribution < 1.29 is 22.7 Å². The highest BCUT2D eigenvalue weighted by Gasteiger charge is 2.38. The summed E-state index contributed by atoms with van der Waals surface area (Å²) in [6.07, 6.45) is 0.446. The fourth-order valence-electron chi connectivity index (χ4n) is 5.20. The third-order valence-electron chi connectivity index (χ3n) is 7.44. The molecule has 8 heteroatoms. The first kappa shape index (κ1) is 29.5. The van der Waals surface area contributed by atoms with Gasteiger partial charge in [0.2, 0.25) is 15.9 Å². The van der Waals surface area contributed by atoms with Crippen molar-refractivity contribution in [2.24, 2.45) is 0 Å². The van der Waals surface area contributed by atoms with Crippen molar-refractivity contribution >= 4 is 27.6 Å². The summed E-state index contributed by atoms with van der Waals surface area (Å²) in [6.45, 7) is 12.3. The first-order valence-corrected chi connectivity index (χ1v) is 14.9. The molecule has 212 valence electrons. The minimum atomic E-state index is -3.93. The number of hydrogen-bond donors (Lipinski definition) is 1. The molecule has 1 unspecified atom stereocenters. The van der Waals surface area contributed by atoms with Crippen molar-refractivity contribution in [2.75, 3.05) is 11.9 Å². The molecule has 7 nitrogen and oxygen atoms in total. The van der Waals surface area contributed by atoms with E-state index in [1.165, 1.54) is 28.9 Å². The molecule has 1 heterocycles. The Bertz CT molecular complexity index is 1500. The van der Waals surface area contributed by atoms with Gasteiger partial charge in [0.15, 0.2) is 0 Å². The van der Waals surface area contributed by atoms with Crippen molar-refractivity contribution in [1.29, 1.82) is 0 Å². The molecule has 1 aliphatic heterocycles. The van der Waals surface area contributed by atoms with Gasteiger partial charge in [-0.05, 0) is 83.3 Å². The van der Waals surface area contributed by atoms with Gasteiger partial charge < -0.3 is 10.1 Å². The van der Waals surface area contributed by atoms with Gasteiger partial charge in [-0.1, -0.05) is 57.2 Å². The number of esters is 1. The summed E-state index contributed by atoms with van der Waals surface area (Å²) < 4.78 is 34.7. The van der Waals surface area contributed by atoms with Gasteiger partial charge in [-0.2, -0.15) is 4.31 Å². The number of hydrogen-bond acceptors (Lipinski definition) is 5. The van der Waals surface area contributed by atoms with Crippen LogP contribution in [0.15, 0.2) is 65.6 Å². The third-order valence-corrected chi connectivity index (χ3v) is 9.37. The normalized spacial score (nSPS) is 15.8. The molecule has 0 radical (unpaired) electrons. The monoisotopic (exact) mass is 562 g/mol. The summed E-state index contributed by atoms with van der Waals surface area (Å²) in [5, 5.41) is 2.65. The average molecular weight is 563 g/mol. The van der Waals surface area contributed by atoms with Crippen LogP contribution in [0.2, 0.25) is 0 Å².